The molecule has 1 aromatic heterocycles. The number of amidine groups is 1. The minimum Gasteiger partial charge on any atom is -0.409 e. The van der Waals surface area contributed by atoms with Gasteiger partial charge in [-0.2, -0.15) is 11.8 Å². The molecule has 1 aliphatic heterocycles. The van der Waals surface area contributed by atoms with E-state index in [0.29, 0.717) is 16.2 Å². The van der Waals surface area contributed by atoms with Crippen LogP contribution >= 0.6 is 11.8 Å². The lowest BCUT2D eigenvalue weighted by Crippen LogP contribution is -2.40. The van der Waals surface area contributed by atoms with Crippen molar-refractivity contribution in [1.82, 2.24) is 9.88 Å². The van der Waals surface area contributed by atoms with Gasteiger partial charge in [0, 0.05) is 36.3 Å². The maximum atomic E-state index is 8.81. The fourth-order valence-corrected chi connectivity index (χ4v) is 3.89. The molecule has 0 bridgehead atoms. The zero-order valence-corrected chi connectivity index (χ0v) is 12.1. The number of hydrogen-bond acceptors (Lipinski definition) is 5. The molecule has 1 aromatic rings. The molecular weight excluding hydrogens is 260 g/mol. The molecule has 2 atom stereocenters. The highest BCUT2D eigenvalue weighted by Crippen LogP contribution is 2.25. The Morgan fingerprint density at radius 2 is 2.21 bits per heavy atom. The Hall–Kier alpha value is -1.27. The molecule has 1 aliphatic rings. The van der Waals surface area contributed by atoms with Gasteiger partial charge in [0.05, 0.1) is 0 Å². The summed E-state index contributed by atoms with van der Waals surface area (Å²) in [6, 6.07) is 3.87. The molecule has 1 fully saturated rings. The smallest absolute Gasteiger partial charge is 0.189 e. The number of hydrogen-bond donors (Lipinski definition) is 2. The Labute approximate surface area is 117 Å². The zero-order valence-electron chi connectivity index (χ0n) is 11.3. The summed E-state index contributed by atoms with van der Waals surface area (Å²) in [6.45, 7) is 7.40. The third kappa shape index (κ3) is 3.61. The number of aromatic nitrogens is 1. The van der Waals surface area contributed by atoms with Crippen LogP contribution in [0.4, 0.5) is 0 Å². The predicted molar refractivity (Wildman–Crippen MR) is 78.5 cm³/mol. The van der Waals surface area contributed by atoms with Crippen LogP contribution in [-0.4, -0.2) is 44.5 Å². The molecular formula is C13H20N4OS. The van der Waals surface area contributed by atoms with Gasteiger partial charge in [-0.3, -0.25) is 9.88 Å². The van der Waals surface area contributed by atoms with Gasteiger partial charge in [0.15, 0.2) is 5.84 Å². The highest BCUT2D eigenvalue weighted by atomic mass is 32.2. The van der Waals surface area contributed by atoms with Gasteiger partial charge in [-0.1, -0.05) is 25.1 Å². The van der Waals surface area contributed by atoms with Gasteiger partial charge >= 0.3 is 0 Å². The van der Waals surface area contributed by atoms with Crippen LogP contribution in [0.2, 0.25) is 0 Å². The first-order chi connectivity index (χ1) is 9.10. The number of oxime groups is 1. The molecule has 2 unspecified atom stereocenters. The van der Waals surface area contributed by atoms with Gasteiger partial charge in [0.1, 0.15) is 5.69 Å². The van der Waals surface area contributed by atoms with Crippen LogP contribution in [0.3, 0.4) is 0 Å². The van der Waals surface area contributed by atoms with E-state index in [9.17, 15) is 0 Å². The van der Waals surface area contributed by atoms with Crippen LogP contribution in [0.1, 0.15) is 25.1 Å². The maximum absolute atomic E-state index is 8.81. The number of nitrogens with two attached hydrogens (primary N) is 1. The second-order valence-electron chi connectivity index (χ2n) is 4.95. The van der Waals surface area contributed by atoms with E-state index < -0.39 is 0 Å². The highest BCUT2D eigenvalue weighted by Gasteiger charge is 2.23. The summed E-state index contributed by atoms with van der Waals surface area (Å²) in [7, 11) is 0. The molecule has 5 nitrogen and oxygen atoms in total. The minimum atomic E-state index is 0.0723. The molecule has 6 heteroatoms. The van der Waals surface area contributed by atoms with E-state index in [1.165, 1.54) is 0 Å². The van der Waals surface area contributed by atoms with Crippen LogP contribution < -0.4 is 5.73 Å². The summed E-state index contributed by atoms with van der Waals surface area (Å²) >= 11 is 2.02. The van der Waals surface area contributed by atoms with Gasteiger partial charge in [-0.25, -0.2) is 0 Å². The summed E-state index contributed by atoms with van der Waals surface area (Å²) in [5, 5.41) is 13.1. The van der Waals surface area contributed by atoms with E-state index in [0.717, 1.165) is 25.2 Å². The summed E-state index contributed by atoms with van der Waals surface area (Å²) in [5.74, 6) is 0.0723. The van der Waals surface area contributed by atoms with Gasteiger partial charge in [0.2, 0.25) is 0 Å². The van der Waals surface area contributed by atoms with Crippen molar-refractivity contribution in [3.8, 4) is 0 Å². The van der Waals surface area contributed by atoms with E-state index in [2.05, 4.69) is 28.9 Å². The topological polar surface area (TPSA) is 74.7 Å². The molecule has 0 aliphatic carbocycles. The van der Waals surface area contributed by atoms with Crippen molar-refractivity contribution in [2.24, 2.45) is 10.9 Å². The summed E-state index contributed by atoms with van der Waals surface area (Å²) in [6.07, 6.45) is 1.66. The number of pyridine rings is 1. The van der Waals surface area contributed by atoms with E-state index in [4.69, 9.17) is 10.9 Å². The Morgan fingerprint density at radius 3 is 2.84 bits per heavy atom. The number of thioether (sulfide) groups is 1. The van der Waals surface area contributed by atoms with E-state index >= 15 is 0 Å². The maximum Gasteiger partial charge on any atom is 0.189 e. The van der Waals surface area contributed by atoms with Gasteiger partial charge in [-0.15, -0.1) is 0 Å². The van der Waals surface area contributed by atoms with E-state index in [1.54, 1.807) is 6.20 Å². The lowest BCUT2D eigenvalue weighted by Gasteiger charge is -2.34. The molecule has 104 valence electrons. The average molecular weight is 280 g/mol. The van der Waals surface area contributed by atoms with Crippen molar-refractivity contribution >= 4 is 17.6 Å². The van der Waals surface area contributed by atoms with Crippen LogP contribution in [0, 0.1) is 0 Å². The average Bonchev–Trinajstić information content (AvgIpc) is 2.37. The van der Waals surface area contributed by atoms with Crippen molar-refractivity contribution in [2.75, 3.05) is 13.1 Å². The molecule has 2 rings (SSSR count). The lowest BCUT2D eigenvalue weighted by molar-refractivity contribution is 0.262. The Kier molecular flexibility index (Phi) is 4.66. The first-order valence-electron chi connectivity index (χ1n) is 6.39. The van der Waals surface area contributed by atoms with E-state index in [-0.39, 0.29) is 5.84 Å². The molecule has 3 N–H and O–H groups in total. The third-order valence-electron chi connectivity index (χ3n) is 3.13. The quantitative estimate of drug-likeness (QED) is 0.380. The highest BCUT2D eigenvalue weighted by molar-refractivity contribution is 8.00. The second-order valence-corrected chi connectivity index (χ2v) is 6.83. The first kappa shape index (κ1) is 14.1. The number of rotatable bonds is 3. The molecule has 2 heterocycles. The van der Waals surface area contributed by atoms with Crippen molar-refractivity contribution < 1.29 is 5.21 Å². The monoisotopic (exact) mass is 280 g/mol. The SMILES string of the molecule is CC1CN(Cc2cccnc2C(N)=NO)CC(C)S1. The van der Waals surface area contributed by atoms with Gasteiger partial charge < -0.3 is 10.9 Å². The Balaban J connectivity index is 2.15. The third-order valence-corrected chi connectivity index (χ3v) is 4.36. The van der Waals surface area contributed by atoms with Crippen LogP contribution in [0.15, 0.2) is 23.5 Å². The number of nitrogens with zero attached hydrogens (tertiary/aromatic N) is 3. The molecule has 0 saturated carbocycles. The first-order valence-corrected chi connectivity index (χ1v) is 7.34. The van der Waals surface area contributed by atoms with E-state index in [1.807, 2.05) is 23.9 Å². The Bertz CT molecular complexity index is 456. The summed E-state index contributed by atoms with van der Waals surface area (Å²) < 4.78 is 0. The fourth-order valence-electron chi connectivity index (χ4n) is 2.50. The van der Waals surface area contributed by atoms with Crippen molar-refractivity contribution in [3.63, 3.8) is 0 Å². The zero-order chi connectivity index (χ0) is 13.8. The molecule has 1 saturated heterocycles. The Morgan fingerprint density at radius 1 is 1.53 bits per heavy atom. The van der Waals surface area contributed by atoms with Gasteiger partial charge in [0.25, 0.3) is 0 Å². The standard InChI is InChI=1S/C13H20N4OS/c1-9-6-17(7-10(2)19-9)8-11-4-3-5-15-12(11)13(14)16-18/h3-5,9-10,18H,6-8H2,1-2H3,(H2,14,16). The van der Waals surface area contributed by atoms with Crippen LogP contribution in [0.25, 0.3) is 0 Å². The van der Waals surface area contributed by atoms with Crippen molar-refractivity contribution in [2.45, 2.75) is 30.9 Å². The normalized spacial score (nSPS) is 25.5. The fraction of sp³-hybridized carbons (Fsp3) is 0.538. The van der Waals surface area contributed by atoms with Crippen LogP contribution in [-0.2, 0) is 6.54 Å². The van der Waals surface area contributed by atoms with Crippen molar-refractivity contribution in [3.05, 3.63) is 29.6 Å². The molecule has 0 radical (unpaired) electrons. The molecule has 0 amide bonds. The minimum absolute atomic E-state index is 0.0723. The van der Waals surface area contributed by atoms with Gasteiger partial charge in [-0.05, 0) is 11.6 Å². The lowest BCUT2D eigenvalue weighted by atomic mass is 10.1. The predicted octanol–water partition coefficient (Wildman–Crippen LogP) is 1.50. The molecule has 0 spiro atoms. The second kappa shape index (κ2) is 6.25. The molecule has 19 heavy (non-hydrogen) atoms. The largest absolute Gasteiger partial charge is 0.409 e. The van der Waals surface area contributed by atoms with Crippen LogP contribution in [0.5, 0.6) is 0 Å². The molecule has 0 aromatic carbocycles. The summed E-state index contributed by atoms with van der Waals surface area (Å²) in [5.41, 5.74) is 7.25. The summed E-state index contributed by atoms with van der Waals surface area (Å²) in [4.78, 5) is 6.61. The van der Waals surface area contributed by atoms with Crippen molar-refractivity contribution in [1.29, 1.82) is 0 Å².